The van der Waals surface area contributed by atoms with Crippen LogP contribution in [-0.2, 0) is 13.0 Å². The van der Waals surface area contributed by atoms with E-state index in [1.165, 1.54) is 11.1 Å². The Balaban J connectivity index is 1.99. The summed E-state index contributed by atoms with van der Waals surface area (Å²) < 4.78 is 0. The first-order valence-electron chi connectivity index (χ1n) is 5.97. The van der Waals surface area contributed by atoms with E-state index in [9.17, 15) is 0 Å². The number of nitrogens with zero attached hydrogens (tertiary/aromatic N) is 2. The molecule has 3 N–H and O–H groups in total. The lowest BCUT2D eigenvalue weighted by Crippen LogP contribution is -2.38. The minimum absolute atomic E-state index is 0.0882. The number of hydrogen-bond donors (Lipinski definition) is 2. The van der Waals surface area contributed by atoms with Crippen molar-refractivity contribution in [3.8, 4) is 0 Å². The van der Waals surface area contributed by atoms with Gasteiger partial charge in [0, 0.05) is 25.6 Å². The molecule has 1 unspecified atom stereocenters. The molecule has 0 spiro atoms. The van der Waals surface area contributed by atoms with Gasteiger partial charge in [0.2, 0.25) is 0 Å². The highest BCUT2D eigenvalue weighted by atomic mass is 16.4. The quantitative estimate of drug-likeness (QED) is 0.359. The molecule has 0 aromatic heterocycles. The minimum Gasteiger partial charge on any atom is -0.409 e. The third kappa shape index (κ3) is 2.77. The summed E-state index contributed by atoms with van der Waals surface area (Å²) >= 11 is 0. The Kier molecular flexibility index (Phi) is 3.64. The van der Waals surface area contributed by atoms with Crippen LogP contribution in [0.3, 0.4) is 0 Å². The zero-order valence-corrected chi connectivity index (χ0v) is 10.1. The lowest BCUT2D eigenvalue weighted by Gasteiger charge is -2.30. The van der Waals surface area contributed by atoms with E-state index in [0.717, 1.165) is 26.1 Å². The van der Waals surface area contributed by atoms with E-state index < -0.39 is 0 Å². The largest absolute Gasteiger partial charge is 0.409 e. The minimum atomic E-state index is 0.0882. The fraction of sp³-hybridized carbons (Fsp3) is 0.462. The Morgan fingerprint density at radius 1 is 1.47 bits per heavy atom. The summed E-state index contributed by atoms with van der Waals surface area (Å²) in [7, 11) is 0. The number of nitrogens with two attached hydrogens (primary N) is 1. The molecule has 1 aromatic carbocycles. The molecule has 4 nitrogen and oxygen atoms in total. The van der Waals surface area contributed by atoms with Gasteiger partial charge in [0.25, 0.3) is 0 Å². The van der Waals surface area contributed by atoms with Gasteiger partial charge in [-0.1, -0.05) is 36.3 Å². The van der Waals surface area contributed by atoms with E-state index in [-0.39, 0.29) is 5.92 Å². The molecular weight excluding hydrogens is 214 g/mol. The summed E-state index contributed by atoms with van der Waals surface area (Å²) in [5, 5.41) is 11.7. The molecule has 0 saturated heterocycles. The van der Waals surface area contributed by atoms with E-state index in [1.807, 2.05) is 6.92 Å². The van der Waals surface area contributed by atoms with Crippen LogP contribution in [0.1, 0.15) is 18.1 Å². The van der Waals surface area contributed by atoms with Crippen molar-refractivity contribution >= 4 is 5.84 Å². The normalized spacial score (nSPS) is 18.8. The smallest absolute Gasteiger partial charge is 0.143 e. The number of rotatable bonds is 3. The highest BCUT2D eigenvalue weighted by Crippen LogP contribution is 2.19. The van der Waals surface area contributed by atoms with E-state index in [0.29, 0.717) is 5.84 Å². The Bertz CT molecular complexity index is 417. The number of amidine groups is 1. The van der Waals surface area contributed by atoms with Gasteiger partial charge in [0.1, 0.15) is 5.84 Å². The van der Waals surface area contributed by atoms with Crippen LogP contribution in [0.5, 0.6) is 0 Å². The van der Waals surface area contributed by atoms with Crippen LogP contribution < -0.4 is 5.73 Å². The Hall–Kier alpha value is -1.55. The molecule has 0 bridgehead atoms. The molecule has 0 fully saturated rings. The average Bonchev–Trinajstić information content (AvgIpc) is 2.37. The maximum atomic E-state index is 8.64. The topological polar surface area (TPSA) is 61.8 Å². The first-order chi connectivity index (χ1) is 8.20. The van der Waals surface area contributed by atoms with Gasteiger partial charge in [0.05, 0.1) is 0 Å². The molecule has 1 atom stereocenters. The summed E-state index contributed by atoms with van der Waals surface area (Å²) in [5.74, 6) is 0.397. The van der Waals surface area contributed by atoms with E-state index >= 15 is 0 Å². The number of hydrogen-bond acceptors (Lipinski definition) is 3. The Morgan fingerprint density at radius 2 is 2.18 bits per heavy atom. The maximum absolute atomic E-state index is 8.64. The number of oxime groups is 1. The Morgan fingerprint density at radius 3 is 2.88 bits per heavy atom. The van der Waals surface area contributed by atoms with Crippen molar-refractivity contribution in [3.63, 3.8) is 0 Å². The molecule has 1 heterocycles. The average molecular weight is 233 g/mol. The Labute approximate surface area is 102 Å². The zero-order valence-electron chi connectivity index (χ0n) is 10.1. The summed E-state index contributed by atoms with van der Waals surface area (Å²) in [6.45, 7) is 4.82. The highest BCUT2D eigenvalue weighted by Gasteiger charge is 2.18. The molecule has 0 saturated carbocycles. The van der Waals surface area contributed by atoms with Crippen molar-refractivity contribution in [2.75, 3.05) is 13.1 Å². The second kappa shape index (κ2) is 5.19. The van der Waals surface area contributed by atoms with Crippen molar-refractivity contribution in [1.29, 1.82) is 0 Å². The highest BCUT2D eigenvalue weighted by molar-refractivity contribution is 5.82. The van der Waals surface area contributed by atoms with Gasteiger partial charge in [-0.3, -0.25) is 4.90 Å². The van der Waals surface area contributed by atoms with Crippen LogP contribution in [0.4, 0.5) is 0 Å². The first kappa shape index (κ1) is 11.9. The molecule has 92 valence electrons. The van der Waals surface area contributed by atoms with E-state index in [4.69, 9.17) is 10.9 Å². The molecule has 1 aromatic rings. The van der Waals surface area contributed by atoms with E-state index in [2.05, 4.69) is 34.3 Å². The van der Waals surface area contributed by atoms with E-state index in [1.54, 1.807) is 0 Å². The van der Waals surface area contributed by atoms with Gasteiger partial charge in [-0.2, -0.15) is 0 Å². The molecule has 0 aliphatic carbocycles. The zero-order chi connectivity index (χ0) is 12.3. The summed E-state index contributed by atoms with van der Waals surface area (Å²) in [6, 6.07) is 8.54. The maximum Gasteiger partial charge on any atom is 0.143 e. The summed E-state index contributed by atoms with van der Waals surface area (Å²) in [4.78, 5) is 2.35. The molecular formula is C13H19N3O. The monoisotopic (exact) mass is 233 g/mol. The standard InChI is InChI=1S/C13H19N3O/c1-10(13(14)15-17)8-16-7-6-11-4-2-3-5-12(11)9-16/h2-5,10,17H,6-9H2,1H3,(H2,14,15). The fourth-order valence-corrected chi connectivity index (χ4v) is 2.29. The van der Waals surface area contributed by atoms with Crippen LogP contribution in [0.25, 0.3) is 0 Å². The van der Waals surface area contributed by atoms with Crippen molar-refractivity contribution in [3.05, 3.63) is 35.4 Å². The van der Waals surface area contributed by atoms with Crippen molar-refractivity contribution in [2.24, 2.45) is 16.8 Å². The van der Waals surface area contributed by atoms with Gasteiger partial charge in [-0.15, -0.1) is 0 Å². The molecule has 0 amide bonds. The van der Waals surface area contributed by atoms with Crippen molar-refractivity contribution in [1.82, 2.24) is 4.90 Å². The van der Waals surface area contributed by atoms with Crippen molar-refractivity contribution in [2.45, 2.75) is 19.9 Å². The third-order valence-corrected chi connectivity index (χ3v) is 3.36. The lowest BCUT2D eigenvalue weighted by molar-refractivity contribution is 0.236. The van der Waals surface area contributed by atoms with Crippen LogP contribution >= 0.6 is 0 Å². The molecule has 17 heavy (non-hydrogen) atoms. The fourth-order valence-electron chi connectivity index (χ4n) is 2.29. The second-order valence-electron chi connectivity index (χ2n) is 4.68. The number of fused-ring (bicyclic) bond motifs is 1. The lowest BCUT2D eigenvalue weighted by atomic mass is 9.99. The van der Waals surface area contributed by atoms with Crippen LogP contribution in [-0.4, -0.2) is 29.0 Å². The predicted molar refractivity (Wildman–Crippen MR) is 68.0 cm³/mol. The molecule has 1 aliphatic rings. The van der Waals surface area contributed by atoms with Gasteiger partial charge in [-0.25, -0.2) is 0 Å². The van der Waals surface area contributed by atoms with Crippen LogP contribution in [0.2, 0.25) is 0 Å². The SMILES string of the molecule is CC(CN1CCc2ccccc2C1)/C(N)=N/O. The molecule has 0 radical (unpaired) electrons. The van der Waals surface area contributed by atoms with Gasteiger partial charge in [-0.05, 0) is 17.5 Å². The van der Waals surface area contributed by atoms with Gasteiger partial charge < -0.3 is 10.9 Å². The van der Waals surface area contributed by atoms with Crippen molar-refractivity contribution < 1.29 is 5.21 Å². The van der Waals surface area contributed by atoms with Gasteiger partial charge in [0.15, 0.2) is 0 Å². The third-order valence-electron chi connectivity index (χ3n) is 3.36. The molecule has 4 heteroatoms. The second-order valence-corrected chi connectivity index (χ2v) is 4.68. The predicted octanol–water partition coefficient (Wildman–Crippen LogP) is 1.43. The van der Waals surface area contributed by atoms with Crippen LogP contribution in [0, 0.1) is 5.92 Å². The number of benzene rings is 1. The molecule has 1 aliphatic heterocycles. The summed E-state index contributed by atoms with van der Waals surface area (Å²) in [6.07, 6.45) is 1.08. The molecule has 2 rings (SSSR count). The van der Waals surface area contributed by atoms with Gasteiger partial charge >= 0.3 is 0 Å². The first-order valence-corrected chi connectivity index (χ1v) is 5.97. The van der Waals surface area contributed by atoms with Crippen LogP contribution in [0.15, 0.2) is 29.4 Å². The summed E-state index contributed by atoms with van der Waals surface area (Å²) in [5.41, 5.74) is 8.44.